The Hall–Kier alpha value is -0.460. The molecule has 0 spiro atoms. The van der Waals surface area contributed by atoms with Gasteiger partial charge in [0.25, 0.3) is 0 Å². The highest BCUT2D eigenvalue weighted by atomic mass is 79.9. The molecule has 0 saturated heterocycles. The summed E-state index contributed by atoms with van der Waals surface area (Å²) in [6.07, 6.45) is 2.30. The van der Waals surface area contributed by atoms with Crippen LogP contribution in [0.4, 0.5) is 0 Å². The molecule has 0 aliphatic heterocycles. The van der Waals surface area contributed by atoms with Crippen molar-refractivity contribution < 1.29 is 17.9 Å². The average molecular weight is 356 g/mol. The lowest BCUT2D eigenvalue weighted by Gasteiger charge is -2.13. The molecule has 2 rings (SSSR count). The average Bonchev–Trinajstić information content (AvgIpc) is 3.03. The van der Waals surface area contributed by atoms with Crippen molar-refractivity contribution >= 4 is 35.7 Å². The molecule has 1 saturated carbocycles. The van der Waals surface area contributed by atoms with Crippen LogP contribution in [0.25, 0.3) is 0 Å². The van der Waals surface area contributed by atoms with Gasteiger partial charge in [0.1, 0.15) is 0 Å². The molecule has 0 heterocycles. The van der Waals surface area contributed by atoms with Crippen LogP contribution in [0.15, 0.2) is 16.6 Å². The normalized spacial score (nSPS) is 15.5. The Bertz CT molecular complexity index is 554. The van der Waals surface area contributed by atoms with E-state index < -0.39 is 9.05 Å². The smallest absolute Gasteiger partial charge is 0.236 e. The lowest BCUT2D eigenvalue weighted by molar-refractivity contribution is 0.280. The van der Waals surface area contributed by atoms with Gasteiger partial charge in [-0.2, -0.15) is 0 Å². The number of benzene rings is 1. The van der Waals surface area contributed by atoms with Crippen LogP contribution < -0.4 is 9.47 Å². The van der Waals surface area contributed by atoms with E-state index in [9.17, 15) is 8.42 Å². The molecule has 1 aliphatic rings. The first-order chi connectivity index (χ1) is 8.39. The molecule has 0 atom stereocenters. The molecule has 1 aliphatic carbocycles. The lowest BCUT2D eigenvalue weighted by Crippen LogP contribution is -2.02. The molecule has 0 radical (unpaired) electrons. The second-order valence-corrected chi connectivity index (χ2v) is 7.74. The third-order valence-corrected chi connectivity index (χ3v) is 4.03. The third-order valence-electron chi connectivity index (χ3n) is 2.44. The van der Waals surface area contributed by atoms with Crippen molar-refractivity contribution in [3.05, 3.63) is 22.2 Å². The standard InChI is InChI=1S/C11H12BrClO4S/c1-16-10-5-7(6-18(13,14)15)4-9(12)11(10)17-8-2-3-8/h4-5,8H,2-3,6H2,1H3. The van der Waals surface area contributed by atoms with E-state index in [2.05, 4.69) is 15.9 Å². The highest BCUT2D eigenvalue weighted by Crippen LogP contribution is 2.40. The maximum absolute atomic E-state index is 11.1. The summed E-state index contributed by atoms with van der Waals surface area (Å²) in [5.74, 6) is 0.870. The van der Waals surface area contributed by atoms with Gasteiger partial charge in [-0.15, -0.1) is 0 Å². The molecule has 0 bridgehead atoms. The summed E-state index contributed by atoms with van der Waals surface area (Å²) >= 11 is 3.36. The van der Waals surface area contributed by atoms with Crippen LogP contribution in [0.2, 0.25) is 0 Å². The molecular weight excluding hydrogens is 344 g/mol. The summed E-state index contributed by atoms with van der Waals surface area (Å²) in [4.78, 5) is 0. The van der Waals surface area contributed by atoms with Crippen molar-refractivity contribution in [2.24, 2.45) is 0 Å². The van der Waals surface area contributed by atoms with Crippen LogP contribution in [0.1, 0.15) is 18.4 Å². The van der Waals surface area contributed by atoms with Gasteiger partial charge in [-0.05, 0) is 46.5 Å². The van der Waals surface area contributed by atoms with Crippen molar-refractivity contribution in [2.45, 2.75) is 24.7 Å². The van der Waals surface area contributed by atoms with E-state index in [0.29, 0.717) is 21.5 Å². The van der Waals surface area contributed by atoms with Crippen molar-refractivity contribution in [1.82, 2.24) is 0 Å². The molecule has 0 amide bonds. The largest absolute Gasteiger partial charge is 0.493 e. The van der Waals surface area contributed by atoms with Gasteiger partial charge < -0.3 is 9.47 Å². The van der Waals surface area contributed by atoms with E-state index in [-0.39, 0.29) is 11.9 Å². The van der Waals surface area contributed by atoms with Crippen LogP contribution in [0.5, 0.6) is 11.5 Å². The van der Waals surface area contributed by atoms with E-state index in [1.165, 1.54) is 7.11 Å². The van der Waals surface area contributed by atoms with Crippen LogP contribution >= 0.6 is 26.6 Å². The van der Waals surface area contributed by atoms with Crippen molar-refractivity contribution in [1.29, 1.82) is 0 Å². The zero-order valence-electron chi connectivity index (χ0n) is 9.65. The van der Waals surface area contributed by atoms with Gasteiger partial charge in [-0.1, -0.05) is 0 Å². The molecule has 1 aromatic carbocycles. The first-order valence-corrected chi connectivity index (χ1v) is 8.61. The van der Waals surface area contributed by atoms with Gasteiger partial charge in [0.15, 0.2) is 11.5 Å². The van der Waals surface area contributed by atoms with Gasteiger partial charge in [-0.25, -0.2) is 8.42 Å². The topological polar surface area (TPSA) is 52.6 Å². The maximum Gasteiger partial charge on any atom is 0.236 e. The summed E-state index contributed by atoms with van der Waals surface area (Å²) in [7, 11) is 3.16. The first kappa shape index (κ1) is 14.0. The third kappa shape index (κ3) is 3.76. The van der Waals surface area contributed by atoms with Gasteiger partial charge in [0.2, 0.25) is 9.05 Å². The summed E-state index contributed by atoms with van der Waals surface area (Å²) < 4.78 is 33.7. The van der Waals surface area contributed by atoms with Crippen molar-refractivity contribution in [3.8, 4) is 11.5 Å². The molecule has 100 valence electrons. The second kappa shape index (κ2) is 5.27. The zero-order valence-corrected chi connectivity index (χ0v) is 12.8. The minimum absolute atomic E-state index is 0.234. The van der Waals surface area contributed by atoms with Gasteiger partial charge in [-0.3, -0.25) is 0 Å². The summed E-state index contributed by atoms with van der Waals surface area (Å²) in [5.41, 5.74) is 0.553. The first-order valence-electron chi connectivity index (χ1n) is 5.34. The number of hydrogen-bond acceptors (Lipinski definition) is 4. The minimum Gasteiger partial charge on any atom is -0.493 e. The Morgan fingerprint density at radius 1 is 1.44 bits per heavy atom. The fourth-order valence-corrected chi connectivity index (χ4v) is 3.05. The van der Waals surface area contributed by atoms with E-state index in [0.717, 1.165) is 12.8 Å². The predicted octanol–water partition coefficient (Wildman–Crippen LogP) is 3.07. The summed E-state index contributed by atoms with van der Waals surface area (Å²) in [5, 5.41) is 0. The Labute approximate surface area is 119 Å². The van der Waals surface area contributed by atoms with Crippen LogP contribution in [0, 0.1) is 0 Å². The Morgan fingerprint density at radius 2 is 2.11 bits per heavy atom. The Balaban J connectivity index is 2.32. The molecular formula is C11H12BrClO4S. The molecule has 7 heteroatoms. The fraction of sp³-hybridized carbons (Fsp3) is 0.455. The number of methoxy groups -OCH3 is 1. The second-order valence-electron chi connectivity index (χ2n) is 4.11. The van der Waals surface area contributed by atoms with Crippen molar-refractivity contribution in [2.75, 3.05) is 7.11 Å². The Morgan fingerprint density at radius 3 is 2.61 bits per heavy atom. The van der Waals surface area contributed by atoms with E-state index in [1.807, 2.05) is 0 Å². The number of hydrogen-bond donors (Lipinski definition) is 0. The lowest BCUT2D eigenvalue weighted by atomic mass is 10.2. The zero-order chi connectivity index (χ0) is 13.3. The van der Waals surface area contributed by atoms with Gasteiger partial charge in [0, 0.05) is 10.7 Å². The highest BCUT2D eigenvalue weighted by Gasteiger charge is 2.26. The molecule has 4 nitrogen and oxygen atoms in total. The quantitative estimate of drug-likeness (QED) is 0.762. The molecule has 1 fully saturated rings. The number of rotatable bonds is 5. The minimum atomic E-state index is -3.59. The maximum atomic E-state index is 11.1. The Kier molecular flexibility index (Phi) is 4.08. The number of ether oxygens (including phenoxy) is 2. The monoisotopic (exact) mass is 354 g/mol. The summed E-state index contributed by atoms with van der Waals surface area (Å²) in [6.45, 7) is 0. The molecule has 18 heavy (non-hydrogen) atoms. The van der Waals surface area contributed by atoms with Crippen molar-refractivity contribution in [3.63, 3.8) is 0 Å². The molecule has 0 unspecified atom stereocenters. The van der Waals surface area contributed by atoms with Gasteiger partial charge >= 0.3 is 0 Å². The molecule has 0 N–H and O–H groups in total. The van der Waals surface area contributed by atoms with Crippen LogP contribution in [-0.4, -0.2) is 21.6 Å². The molecule has 1 aromatic rings. The van der Waals surface area contributed by atoms with E-state index in [4.69, 9.17) is 20.2 Å². The SMILES string of the molecule is COc1cc(CS(=O)(=O)Cl)cc(Br)c1OC1CC1. The molecule has 0 aromatic heterocycles. The predicted molar refractivity (Wildman–Crippen MR) is 72.8 cm³/mol. The highest BCUT2D eigenvalue weighted by molar-refractivity contribution is 9.10. The van der Waals surface area contributed by atoms with E-state index in [1.54, 1.807) is 12.1 Å². The van der Waals surface area contributed by atoms with Crippen LogP contribution in [0.3, 0.4) is 0 Å². The number of halogens is 2. The van der Waals surface area contributed by atoms with Crippen LogP contribution in [-0.2, 0) is 14.8 Å². The van der Waals surface area contributed by atoms with E-state index >= 15 is 0 Å². The summed E-state index contributed by atoms with van der Waals surface area (Å²) in [6, 6.07) is 3.31. The fourth-order valence-electron chi connectivity index (χ4n) is 1.52. The van der Waals surface area contributed by atoms with Gasteiger partial charge in [0.05, 0.1) is 23.4 Å².